The third kappa shape index (κ3) is 3.80. The van der Waals surface area contributed by atoms with Gasteiger partial charge in [0.15, 0.2) is 0 Å². The molecule has 0 bridgehead atoms. The topological polar surface area (TPSA) is 51.2 Å². The van der Waals surface area contributed by atoms with Crippen LogP contribution in [-0.4, -0.2) is 24.5 Å². The normalized spacial score (nSPS) is 9.43. The van der Waals surface area contributed by atoms with Crippen molar-refractivity contribution in [3.8, 4) is 17.7 Å². The summed E-state index contributed by atoms with van der Waals surface area (Å²) < 4.78 is 18.3. The molecule has 1 aromatic carbocycles. The van der Waals surface area contributed by atoms with Gasteiger partial charge < -0.3 is 10.1 Å². The maximum atomic E-state index is 13.3. The van der Waals surface area contributed by atoms with Gasteiger partial charge in [0.25, 0.3) is 5.91 Å². The van der Waals surface area contributed by atoms with Crippen LogP contribution >= 0.6 is 0 Å². The van der Waals surface area contributed by atoms with Crippen LogP contribution in [-0.2, 0) is 0 Å². The summed E-state index contributed by atoms with van der Waals surface area (Å²) in [5.74, 6) is 4.88. The molecule has 2 rings (SSSR count). The molecule has 0 saturated carbocycles. The maximum absolute atomic E-state index is 13.3. The smallest absolute Gasteiger partial charge is 0.257 e. The molecule has 4 nitrogen and oxygen atoms in total. The number of hydrogen-bond acceptors (Lipinski definition) is 3. The van der Waals surface area contributed by atoms with E-state index >= 15 is 0 Å². The predicted octanol–water partition coefficient (Wildman–Crippen LogP) is 2.01. The van der Waals surface area contributed by atoms with E-state index in [0.717, 1.165) is 0 Å². The fourth-order valence-corrected chi connectivity index (χ4v) is 1.65. The average molecular weight is 284 g/mol. The van der Waals surface area contributed by atoms with E-state index in [-0.39, 0.29) is 24.1 Å². The monoisotopic (exact) mass is 284 g/mol. The van der Waals surface area contributed by atoms with Gasteiger partial charge in [-0.3, -0.25) is 4.79 Å². The van der Waals surface area contributed by atoms with Crippen molar-refractivity contribution in [2.45, 2.75) is 0 Å². The molecule has 0 aliphatic rings. The van der Waals surface area contributed by atoms with Crippen molar-refractivity contribution in [3.63, 3.8) is 0 Å². The average Bonchev–Trinajstić information content (AvgIpc) is 2.52. The van der Waals surface area contributed by atoms with E-state index in [2.05, 4.69) is 22.1 Å². The van der Waals surface area contributed by atoms with Crippen molar-refractivity contribution >= 4 is 5.91 Å². The molecule has 5 heteroatoms. The molecule has 0 spiro atoms. The third-order valence-corrected chi connectivity index (χ3v) is 2.64. The van der Waals surface area contributed by atoms with Crippen molar-refractivity contribution in [1.29, 1.82) is 0 Å². The summed E-state index contributed by atoms with van der Waals surface area (Å²) in [5.41, 5.74) is 0.624. The van der Waals surface area contributed by atoms with Crippen LogP contribution in [0.1, 0.15) is 15.9 Å². The lowest BCUT2D eigenvalue weighted by Crippen LogP contribution is -2.24. The number of halogens is 1. The Labute approximate surface area is 122 Å². The molecule has 0 unspecified atom stereocenters. The Kier molecular flexibility index (Phi) is 4.89. The Hall–Kier alpha value is -2.87. The Morgan fingerprint density at radius 1 is 1.33 bits per heavy atom. The summed E-state index contributed by atoms with van der Waals surface area (Å²) in [7, 11) is 1.44. The van der Waals surface area contributed by atoms with Crippen LogP contribution in [0.5, 0.6) is 5.88 Å². The van der Waals surface area contributed by atoms with Gasteiger partial charge in [0.2, 0.25) is 5.88 Å². The quantitative estimate of drug-likeness (QED) is 0.877. The molecule has 2 aromatic rings. The number of pyridine rings is 1. The number of methoxy groups -OCH3 is 1. The minimum Gasteiger partial charge on any atom is -0.480 e. The molecule has 1 N–H and O–H groups in total. The highest BCUT2D eigenvalue weighted by molar-refractivity contribution is 5.96. The first-order valence-electron chi connectivity index (χ1n) is 6.23. The van der Waals surface area contributed by atoms with Gasteiger partial charge in [0, 0.05) is 6.20 Å². The molecular weight excluding hydrogens is 271 g/mol. The Balaban J connectivity index is 1.98. The number of rotatable bonds is 3. The molecule has 0 fully saturated rings. The number of nitrogens with zero attached hydrogens (tertiary/aromatic N) is 1. The number of hydrogen-bond donors (Lipinski definition) is 1. The number of ether oxygens (including phenoxy) is 1. The zero-order valence-corrected chi connectivity index (χ0v) is 11.4. The minimum atomic E-state index is -0.384. The first-order valence-corrected chi connectivity index (χ1v) is 6.23. The van der Waals surface area contributed by atoms with Crippen LogP contribution in [0, 0.1) is 17.7 Å². The van der Waals surface area contributed by atoms with Crippen LogP contribution in [0.2, 0.25) is 0 Å². The molecule has 1 aromatic heterocycles. The van der Waals surface area contributed by atoms with Gasteiger partial charge in [-0.15, -0.1) is 0 Å². The van der Waals surface area contributed by atoms with Gasteiger partial charge in [0.05, 0.1) is 19.2 Å². The predicted molar refractivity (Wildman–Crippen MR) is 76.4 cm³/mol. The van der Waals surface area contributed by atoms with Crippen molar-refractivity contribution in [1.82, 2.24) is 10.3 Å². The Morgan fingerprint density at radius 3 is 2.90 bits per heavy atom. The summed E-state index contributed by atoms with van der Waals surface area (Å²) >= 11 is 0. The van der Waals surface area contributed by atoms with Crippen LogP contribution in [0.3, 0.4) is 0 Å². The van der Waals surface area contributed by atoms with Crippen molar-refractivity contribution < 1.29 is 13.9 Å². The van der Waals surface area contributed by atoms with E-state index in [4.69, 9.17) is 4.74 Å². The van der Waals surface area contributed by atoms with Gasteiger partial charge in [-0.1, -0.05) is 24.0 Å². The maximum Gasteiger partial charge on any atom is 0.257 e. The molecule has 0 radical (unpaired) electrons. The SMILES string of the molecule is COc1ncccc1C(=O)NCC#Cc1ccccc1F. The van der Waals surface area contributed by atoms with Gasteiger partial charge in [-0.25, -0.2) is 9.37 Å². The van der Waals surface area contributed by atoms with Crippen molar-refractivity contribution in [2.24, 2.45) is 0 Å². The number of carbonyl (C=O) groups excluding carboxylic acids is 1. The largest absolute Gasteiger partial charge is 0.480 e. The molecule has 0 saturated heterocycles. The van der Waals surface area contributed by atoms with Gasteiger partial charge in [-0.05, 0) is 24.3 Å². The lowest BCUT2D eigenvalue weighted by molar-refractivity contribution is 0.0955. The lowest BCUT2D eigenvalue weighted by Gasteiger charge is -2.05. The van der Waals surface area contributed by atoms with Gasteiger partial charge in [-0.2, -0.15) is 0 Å². The molecule has 106 valence electrons. The van der Waals surface area contributed by atoms with Crippen molar-refractivity contribution in [2.75, 3.05) is 13.7 Å². The van der Waals surface area contributed by atoms with E-state index in [0.29, 0.717) is 11.1 Å². The van der Waals surface area contributed by atoms with Crippen LogP contribution < -0.4 is 10.1 Å². The second-order valence-corrected chi connectivity index (χ2v) is 4.02. The first-order chi connectivity index (χ1) is 10.2. The second kappa shape index (κ2) is 7.06. The standard InChI is InChI=1S/C16H13FN2O2/c1-21-16-13(8-5-11-19-16)15(20)18-10-4-7-12-6-2-3-9-14(12)17/h2-3,5-6,8-9,11H,10H2,1H3,(H,18,20). The highest BCUT2D eigenvalue weighted by atomic mass is 19.1. The van der Waals surface area contributed by atoms with E-state index < -0.39 is 0 Å². The highest BCUT2D eigenvalue weighted by Crippen LogP contribution is 2.12. The lowest BCUT2D eigenvalue weighted by atomic mass is 10.2. The molecular formula is C16H13FN2O2. The zero-order chi connectivity index (χ0) is 15.1. The van der Waals surface area contributed by atoms with Crippen LogP contribution in [0.4, 0.5) is 4.39 Å². The Morgan fingerprint density at radius 2 is 2.14 bits per heavy atom. The summed E-state index contributed by atoms with van der Waals surface area (Å²) in [4.78, 5) is 15.9. The molecule has 0 aliphatic heterocycles. The summed E-state index contributed by atoms with van der Waals surface area (Å²) in [5, 5.41) is 2.61. The second-order valence-electron chi connectivity index (χ2n) is 4.02. The van der Waals surface area contributed by atoms with E-state index in [9.17, 15) is 9.18 Å². The van der Waals surface area contributed by atoms with Crippen molar-refractivity contribution in [3.05, 3.63) is 59.5 Å². The molecule has 1 amide bonds. The van der Waals surface area contributed by atoms with Gasteiger partial charge in [0.1, 0.15) is 11.4 Å². The fraction of sp³-hybridized carbons (Fsp3) is 0.125. The molecule has 21 heavy (non-hydrogen) atoms. The highest BCUT2D eigenvalue weighted by Gasteiger charge is 2.11. The number of benzene rings is 1. The number of aromatic nitrogens is 1. The number of nitrogens with one attached hydrogen (secondary N) is 1. The Bertz CT molecular complexity index is 705. The molecule has 1 heterocycles. The zero-order valence-electron chi connectivity index (χ0n) is 11.4. The third-order valence-electron chi connectivity index (χ3n) is 2.64. The minimum absolute atomic E-state index is 0.102. The van der Waals surface area contributed by atoms with E-state index in [1.165, 1.54) is 19.4 Å². The first kappa shape index (κ1) is 14.5. The van der Waals surface area contributed by atoms with Crippen LogP contribution in [0.15, 0.2) is 42.6 Å². The van der Waals surface area contributed by atoms with Gasteiger partial charge >= 0.3 is 0 Å². The van der Waals surface area contributed by atoms with E-state index in [1.54, 1.807) is 30.3 Å². The number of carbonyl (C=O) groups is 1. The molecule has 0 aliphatic carbocycles. The van der Waals surface area contributed by atoms with Crippen LogP contribution in [0.25, 0.3) is 0 Å². The van der Waals surface area contributed by atoms with E-state index in [1.807, 2.05) is 0 Å². The summed E-state index contributed by atoms with van der Waals surface area (Å²) in [6.07, 6.45) is 1.54. The summed E-state index contributed by atoms with van der Waals surface area (Å²) in [6, 6.07) is 9.45. The number of amides is 1. The fourth-order valence-electron chi connectivity index (χ4n) is 1.65. The summed E-state index contributed by atoms with van der Waals surface area (Å²) in [6.45, 7) is 0.102. The molecule has 0 atom stereocenters.